The summed E-state index contributed by atoms with van der Waals surface area (Å²) in [6.45, 7) is 3.05. The second kappa shape index (κ2) is 4.97. The fraction of sp³-hybridized carbons (Fsp3) is 0.562. The zero-order valence-electron chi connectivity index (χ0n) is 11.5. The van der Waals surface area contributed by atoms with Crippen LogP contribution in [0.15, 0.2) is 24.3 Å². The second-order valence-electron chi connectivity index (χ2n) is 5.81. The maximum absolute atomic E-state index is 12.6. The van der Waals surface area contributed by atoms with Gasteiger partial charge in [-0.25, -0.2) is 0 Å². The monoisotopic (exact) mass is 258 g/mol. The Morgan fingerprint density at radius 2 is 2.21 bits per heavy atom. The molecule has 1 amide bonds. The largest absolute Gasteiger partial charge is 0.349 e. The van der Waals surface area contributed by atoms with Gasteiger partial charge in [0.25, 0.3) is 0 Å². The Labute approximate surface area is 114 Å². The lowest BCUT2D eigenvalue weighted by atomic mass is 9.74. The first-order valence-corrected chi connectivity index (χ1v) is 7.37. The van der Waals surface area contributed by atoms with Crippen molar-refractivity contribution in [1.82, 2.24) is 10.6 Å². The third-order valence-electron chi connectivity index (χ3n) is 4.75. The molecule has 1 unspecified atom stereocenters. The van der Waals surface area contributed by atoms with Crippen LogP contribution < -0.4 is 10.6 Å². The van der Waals surface area contributed by atoms with Crippen molar-refractivity contribution in [1.29, 1.82) is 0 Å². The van der Waals surface area contributed by atoms with Gasteiger partial charge in [0.05, 0.1) is 0 Å². The van der Waals surface area contributed by atoms with Crippen molar-refractivity contribution in [2.75, 3.05) is 6.54 Å². The third-order valence-corrected chi connectivity index (χ3v) is 4.75. The highest BCUT2D eigenvalue weighted by Gasteiger charge is 2.38. The number of carbonyl (C=O) groups is 1. The minimum Gasteiger partial charge on any atom is -0.349 e. The fourth-order valence-corrected chi connectivity index (χ4v) is 3.24. The van der Waals surface area contributed by atoms with Crippen molar-refractivity contribution in [3.8, 4) is 0 Å². The average molecular weight is 258 g/mol. The number of hydrogen-bond acceptors (Lipinski definition) is 2. The lowest BCUT2D eigenvalue weighted by Gasteiger charge is -2.43. The van der Waals surface area contributed by atoms with E-state index in [1.54, 1.807) is 0 Å². The van der Waals surface area contributed by atoms with E-state index in [4.69, 9.17) is 0 Å². The molecule has 0 aromatic heterocycles. The summed E-state index contributed by atoms with van der Waals surface area (Å²) in [6, 6.07) is 8.11. The molecule has 3 rings (SSSR count). The van der Waals surface area contributed by atoms with E-state index in [1.165, 1.54) is 12.0 Å². The third kappa shape index (κ3) is 2.27. The smallest absolute Gasteiger partial charge is 0.242 e. The molecule has 1 atom stereocenters. The van der Waals surface area contributed by atoms with Crippen LogP contribution in [-0.4, -0.2) is 18.0 Å². The first-order valence-electron chi connectivity index (χ1n) is 7.37. The quantitative estimate of drug-likeness (QED) is 0.873. The van der Waals surface area contributed by atoms with Gasteiger partial charge in [-0.2, -0.15) is 0 Å². The number of benzene rings is 1. The minimum atomic E-state index is -0.172. The van der Waals surface area contributed by atoms with E-state index in [9.17, 15) is 4.79 Å². The Hall–Kier alpha value is -1.35. The molecule has 1 aliphatic heterocycles. The molecule has 1 aromatic rings. The van der Waals surface area contributed by atoms with Gasteiger partial charge in [0.15, 0.2) is 0 Å². The molecule has 3 heteroatoms. The summed E-state index contributed by atoms with van der Waals surface area (Å²) in [7, 11) is 0. The average Bonchev–Trinajstić information content (AvgIpc) is 2.42. The second-order valence-corrected chi connectivity index (χ2v) is 5.81. The van der Waals surface area contributed by atoms with Crippen molar-refractivity contribution < 1.29 is 4.79 Å². The first kappa shape index (κ1) is 12.7. The summed E-state index contributed by atoms with van der Waals surface area (Å²) < 4.78 is 0. The van der Waals surface area contributed by atoms with Gasteiger partial charge in [-0.3, -0.25) is 4.79 Å². The zero-order chi connectivity index (χ0) is 13.3. The summed E-state index contributed by atoms with van der Waals surface area (Å²) in [4.78, 5) is 12.6. The minimum absolute atomic E-state index is 0.0746. The molecule has 0 radical (unpaired) electrons. The van der Waals surface area contributed by atoms with E-state index in [0.29, 0.717) is 0 Å². The maximum Gasteiger partial charge on any atom is 0.242 e. The lowest BCUT2D eigenvalue weighted by molar-refractivity contribution is -0.126. The van der Waals surface area contributed by atoms with Gasteiger partial charge in [-0.1, -0.05) is 31.2 Å². The first-order chi connectivity index (χ1) is 9.24. The van der Waals surface area contributed by atoms with Gasteiger partial charge < -0.3 is 10.6 Å². The molecule has 1 heterocycles. The molecule has 0 spiro atoms. The molecule has 0 saturated heterocycles. The Morgan fingerprint density at radius 1 is 1.42 bits per heavy atom. The predicted molar refractivity (Wildman–Crippen MR) is 75.9 cm³/mol. The normalized spacial score (nSPS) is 24.2. The molecular formula is C16H22N2O. The molecule has 2 N–H and O–H groups in total. The molecule has 102 valence electrons. The van der Waals surface area contributed by atoms with E-state index in [-0.39, 0.29) is 17.5 Å². The van der Waals surface area contributed by atoms with Crippen LogP contribution >= 0.6 is 0 Å². The molecule has 1 aromatic carbocycles. The van der Waals surface area contributed by atoms with Crippen LogP contribution in [0.1, 0.15) is 49.8 Å². The van der Waals surface area contributed by atoms with Gasteiger partial charge in [0.1, 0.15) is 6.04 Å². The summed E-state index contributed by atoms with van der Waals surface area (Å²) in [5.41, 5.74) is 2.53. The maximum atomic E-state index is 12.6. The number of nitrogens with one attached hydrogen (secondary N) is 2. The zero-order valence-corrected chi connectivity index (χ0v) is 11.5. The Balaban J connectivity index is 1.78. The van der Waals surface area contributed by atoms with Crippen LogP contribution in [0.5, 0.6) is 0 Å². The standard InChI is InChI=1S/C16H22N2O/c1-2-16(9-5-10-16)18-15(19)14-13-7-4-3-6-12(13)8-11-17-14/h3-4,6-7,14,17H,2,5,8-11H2,1H3,(H,18,19). The fourth-order valence-electron chi connectivity index (χ4n) is 3.24. The van der Waals surface area contributed by atoms with E-state index in [0.717, 1.165) is 37.8 Å². The lowest BCUT2D eigenvalue weighted by Crippen LogP contribution is -2.56. The topological polar surface area (TPSA) is 41.1 Å². The van der Waals surface area contributed by atoms with Crippen LogP contribution in [0.3, 0.4) is 0 Å². The van der Waals surface area contributed by atoms with Crippen molar-refractivity contribution in [2.24, 2.45) is 0 Å². The summed E-state index contributed by atoms with van der Waals surface area (Å²) >= 11 is 0. The number of amides is 1. The Morgan fingerprint density at radius 3 is 2.89 bits per heavy atom. The number of hydrogen-bond donors (Lipinski definition) is 2. The summed E-state index contributed by atoms with van der Waals surface area (Å²) in [5.74, 6) is 0.147. The predicted octanol–water partition coefficient (Wildman–Crippen LogP) is 2.32. The highest BCUT2D eigenvalue weighted by Crippen LogP contribution is 2.35. The van der Waals surface area contributed by atoms with Gasteiger partial charge >= 0.3 is 0 Å². The summed E-state index contributed by atoms with van der Waals surface area (Å²) in [6.07, 6.45) is 5.54. The van der Waals surface area contributed by atoms with Crippen LogP contribution in [0.2, 0.25) is 0 Å². The number of fused-ring (bicyclic) bond motifs is 1. The Bertz CT molecular complexity index is 474. The van der Waals surface area contributed by atoms with Gasteiger partial charge in [0, 0.05) is 12.1 Å². The van der Waals surface area contributed by atoms with E-state index in [1.807, 2.05) is 6.07 Å². The van der Waals surface area contributed by atoms with Crippen LogP contribution in [0.25, 0.3) is 0 Å². The number of rotatable bonds is 3. The summed E-state index contributed by atoms with van der Waals surface area (Å²) in [5, 5.41) is 6.65. The molecule has 0 bridgehead atoms. The van der Waals surface area contributed by atoms with Crippen LogP contribution in [0, 0.1) is 0 Å². The Kier molecular flexibility index (Phi) is 3.31. The number of carbonyl (C=O) groups excluding carboxylic acids is 1. The van der Waals surface area contributed by atoms with Gasteiger partial charge in [-0.05, 0) is 43.2 Å². The van der Waals surface area contributed by atoms with Crippen LogP contribution in [0.4, 0.5) is 0 Å². The molecule has 1 fully saturated rings. The van der Waals surface area contributed by atoms with Gasteiger partial charge in [0.2, 0.25) is 5.91 Å². The van der Waals surface area contributed by atoms with Crippen molar-refractivity contribution in [3.63, 3.8) is 0 Å². The van der Waals surface area contributed by atoms with Crippen molar-refractivity contribution in [3.05, 3.63) is 35.4 Å². The van der Waals surface area contributed by atoms with E-state index in [2.05, 4.69) is 35.8 Å². The molecule has 19 heavy (non-hydrogen) atoms. The van der Waals surface area contributed by atoms with E-state index >= 15 is 0 Å². The molecule has 2 aliphatic rings. The van der Waals surface area contributed by atoms with E-state index < -0.39 is 0 Å². The SMILES string of the molecule is CCC1(NC(=O)C2NCCc3ccccc32)CCC1. The molecule has 1 saturated carbocycles. The van der Waals surface area contributed by atoms with Gasteiger partial charge in [-0.15, -0.1) is 0 Å². The highest BCUT2D eigenvalue weighted by molar-refractivity contribution is 5.84. The molecular weight excluding hydrogens is 236 g/mol. The highest BCUT2D eigenvalue weighted by atomic mass is 16.2. The molecule has 1 aliphatic carbocycles. The van der Waals surface area contributed by atoms with Crippen molar-refractivity contribution in [2.45, 2.75) is 50.6 Å². The van der Waals surface area contributed by atoms with Crippen LogP contribution in [-0.2, 0) is 11.2 Å². The molecule has 3 nitrogen and oxygen atoms in total. The van der Waals surface area contributed by atoms with Crippen molar-refractivity contribution >= 4 is 5.91 Å².